The molecule has 1 heterocycles. The third-order valence-electron chi connectivity index (χ3n) is 3.65. The van der Waals surface area contributed by atoms with Crippen LogP contribution < -0.4 is 5.32 Å². The Labute approximate surface area is 108 Å². The molecule has 0 bridgehead atoms. The van der Waals surface area contributed by atoms with E-state index in [9.17, 15) is 4.79 Å². The highest BCUT2D eigenvalue weighted by molar-refractivity contribution is 5.80. The molecule has 3 heteroatoms. The average molecular weight is 244 g/mol. The van der Waals surface area contributed by atoms with Crippen LogP contribution in [-0.2, 0) is 17.6 Å². The Morgan fingerprint density at radius 3 is 2.67 bits per heavy atom. The maximum absolute atomic E-state index is 11.4. The van der Waals surface area contributed by atoms with Gasteiger partial charge in [0.05, 0.1) is 5.69 Å². The topological polar surface area (TPSA) is 42.0 Å². The first kappa shape index (κ1) is 12.8. The van der Waals surface area contributed by atoms with E-state index in [4.69, 9.17) is 0 Å². The molecule has 3 nitrogen and oxygen atoms in total. The summed E-state index contributed by atoms with van der Waals surface area (Å²) in [6, 6.07) is 0. The molecule has 0 saturated heterocycles. The van der Waals surface area contributed by atoms with Crippen molar-refractivity contribution in [3.05, 3.63) is 33.8 Å². The predicted octanol–water partition coefficient (Wildman–Crippen LogP) is 2.68. The van der Waals surface area contributed by atoms with Crippen molar-refractivity contribution < 1.29 is 4.79 Å². The van der Waals surface area contributed by atoms with Gasteiger partial charge in [0.1, 0.15) is 0 Å². The summed E-state index contributed by atoms with van der Waals surface area (Å²) < 4.78 is 0. The van der Waals surface area contributed by atoms with E-state index in [1.807, 2.05) is 13.0 Å². The largest absolute Gasteiger partial charge is 0.329 e. The fourth-order valence-electron chi connectivity index (χ4n) is 2.37. The molecule has 1 N–H and O–H groups in total. The van der Waals surface area contributed by atoms with Crippen LogP contribution in [0, 0.1) is 13.8 Å². The number of aryl methyl sites for hydroxylation is 1. The monoisotopic (exact) mass is 244 g/mol. The molecule has 96 valence electrons. The lowest BCUT2D eigenvalue weighted by Crippen LogP contribution is -2.21. The fraction of sp³-hybridized carbons (Fsp3) is 0.467. The van der Waals surface area contributed by atoms with Crippen LogP contribution in [0.2, 0.25) is 0 Å². The maximum Gasteiger partial charge on any atom is 0.223 e. The fourth-order valence-corrected chi connectivity index (χ4v) is 2.37. The average Bonchev–Trinajstić information content (AvgIpc) is 2.76. The number of hydrogen-bond acceptors (Lipinski definition) is 2. The minimum Gasteiger partial charge on any atom is -0.329 e. The van der Waals surface area contributed by atoms with Crippen molar-refractivity contribution in [3.63, 3.8) is 0 Å². The lowest BCUT2D eigenvalue weighted by atomic mass is 10.00. The van der Waals surface area contributed by atoms with Crippen molar-refractivity contribution in [2.75, 3.05) is 0 Å². The molecular weight excluding hydrogens is 224 g/mol. The molecule has 1 aliphatic carbocycles. The van der Waals surface area contributed by atoms with E-state index in [2.05, 4.69) is 31.1 Å². The first-order valence-electron chi connectivity index (χ1n) is 6.56. The van der Waals surface area contributed by atoms with Gasteiger partial charge in [-0.1, -0.05) is 13.8 Å². The Balaban J connectivity index is 2.33. The number of carbonyl (C=O) groups excluding carboxylic acids is 1. The lowest BCUT2D eigenvalue weighted by Gasteiger charge is -2.11. The molecule has 0 aromatic carbocycles. The standard InChI is InChI=1S/C15H20N2O/c1-5-13-10(4)9(3)12-7-11(8-14(12)17-13)16-15(18)6-2/h8H,5-7H2,1-4H3,(H,16,18). The maximum atomic E-state index is 11.4. The van der Waals surface area contributed by atoms with Crippen molar-refractivity contribution in [2.24, 2.45) is 0 Å². The Morgan fingerprint density at radius 2 is 2.06 bits per heavy atom. The number of nitrogens with one attached hydrogen (secondary N) is 1. The number of aromatic nitrogens is 1. The number of allylic oxidation sites excluding steroid dienone is 1. The van der Waals surface area contributed by atoms with E-state index in [0.717, 1.165) is 29.9 Å². The second kappa shape index (κ2) is 4.92. The molecule has 1 aliphatic rings. The number of rotatable bonds is 3. The molecule has 0 atom stereocenters. The van der Waals surface area contributed by atoms with Crippen LogP contribution in [0.3, 0.4) is 0 Å². The van der Waals surface area contributed by atoms with Crippen LogP contribution in [0.5, 0.6) is 0 Å². The zero-order chi connectivity index (χ0) is 13.3. The Bertz CT molecular complexity index is 530. The van der Waals surface area contributed by atoms with Gasteiger partial charge in [-0.05, 0) is 43.0 Å². The molecule has 1 aromatic rings. The second-order valence-corrected chi connectivity index (χ2v) is 4.77. The summed E-state index contributed by atoms with van der Waals surface area (Å²) in [6.45, 7) is 8.26. The summed E-state index contributed by atoms with van der Waals surface area (Å²) in [5.41, 5.74) is 7.02. The van der Waals surface area contributed by atoms with Gasteiger partial charge in [0, 0.05) is 24.2 Å². The van der Waals surface area contributed by atoms with E-state index >= 15 is 0 Å². The van der Waals surface area contributed by atoms with Gasteiger partial charge < -0.3 is 5.32 Å². The van der Waals surface area contributed by atoms with Crippen molar-refractivity contribution in [1.29, 1.82) is 0 Å². The third kappa shape index (κ3) is 2.17. The van der Waals surface area contributed by atoms with Crippen molar-refractivity contribution in [1.82, 2.24) is 10.3 Å². The summed E-state index contributed by atoms with van der Waals surface area (Å²) >= 11 is 0. The molecule has 0 aliphatic heterocycles. The van der Waals surface area contributed by atoms with Gasteiger partial charge >= 0.3 is 0 Å². The van der Waals surface area contributed by atoms with Gasteiger partial charge in [0.15, 0.2) is 0 Å². The Morgan fingerprint density at radius 1 is 1.33 bits per heavy atom. The zero-order valence-corrected chi connectivity index (χ0v) is 11.6. The highest BCUT2D eigenvalue weighted by Gasteiger charge is 2.20. The van der Waals surface area contributed by atoms with E-state index in [0.29, 0.717) is 6.42 Å². The lowest BCUT2D eigenvalue weighted by molar-refractivity contribution is -0.120. The van der Waals surface area contributed by atoms with Crippen LogP contribution in [0.25, 0.3) is 6.08 Å². The van der Waals surface area contributed by atoms with Crippen LogP contribution in [0.4, 0.5) is 0 Å². The zero-order valence-electron chi connectivity index (χ0n) is 11.6. The molecule has 0 saturated carbocycles. The van der Waals surface area contributed by atoms with Gasteiger partial charge in [0.2, 0.25) is 5.91 Å². The molecule has 0 unspecified atom stereocenters. The van der Waals surface area contributed by atoms with Crippen LogP contribution in [0.15, 0.2) is 5.70 Å². The summed E-state index contributed by atoms with van der Waals surface area (Å²) in [4.78, 5) is 16.1. The first-order valence-corrected chi connectivity index (χ1v) is 6.56. The van der Waals surface area contributed by atoms with Crippen LogP contribution >= 0.6 is 0 Å². The highest BCUT2D eigenvalue weighted by atomic mass is 16.1. The van der Waals surface area contributed by atoms with Gasteiger partial charge in [0.25, 0.3) is 0 Å². The molecule has 0 radical (unpaired) electrons. The van der Waals surface area contributed by atoms with E-state index < -0.39 is 0 Å². The summed E-state index contributed by atoms with van der Waals surface area (Å²) in [5.74, 6) is 0.0687. The normalized spacial score (nSPS) is 13.2. The van der Waals surface area contributed by atoms with E-state index in [1.165, 1.54) is 16.7 Å². The smallest absolute Gasteiger partial charge is 0.223 e. The van der Waals surface area contributed by atoms with Gasteiger partial charge in [-0.15, -0.1) is 0 Å². The summed E-state index contributed by atoms with van der Waals surface area (Å²) in [7, 11) is 0. The SMILES string of the molecule is CCC(=O)NC1=Cc2nc(CC)c(C)c(C)c2C1. The third-order valence-corrected chi connectivity index (χ3v) is 3.65. The molecule has 1 aromatic heterocycles. The van der Waals surface area contributed by atoms with Crippen LogP contribution in [-0.4, -0.2) is 10.9 Å². The molecular formula is C15H20N2O. The van der Waals surface area contributed by atoms with Gasteiger partial charge in [-0.25, -0.2) is 0 Å². The molecule has 1 amide bonds. The van der Waals surface area contributed by atoms with Crippen molar-refractivity contribution in [2.45, 2.75) is 47.0 Å². The summed E-state index contributed by atoms with van der Waals surface area (Å²) in [5, 5.41) is 2.94. The number of carbonyl (C=O) groups is 1. The minimum atomic E-state index is 0.0687. The number of amides is 1. The number of nitrogens with zero attached hydrogens (tertiary/aromatic N) is 1. The molecule has 0 fully saturated rings. The molecule has 0 spiro atoms. The Hall–Kier alpha value is -1.64. The Kier molecular flexibility index (Phi) is 3.50. The van der Waals surface area contributed by atoms with Crippen LogP contribution in [0.1, 0.15) is 48.3 Å². The quantitative estimate of drug-likeness (QED) is 0.888. The number of hydrogen-bond donors (Lipinski definition) is 1. The number of fused-ring (bicyclic) bond motifs is 1. The molecule has 18 heavy (non-hydrogen) atoms. The highest BCUT2D eigenvalue weighted by Crippen LogP contribution is 2.28. The van der Waals surface area contributed by atoms with E-state index in [1.54, 1.807) is 0 Å². The molecule has 2 rings (SSSR count). The van der Waals surface area contributed by atoms with E-state index in [-0.39, 0.29) is 5.91 Å². The second-order valence-electron chi connectivity index (χ2n) is 4.77. The van der Waals surface area contributed by atoms with Gasteiger partial charge in [-0.2, -0.15) is 0 Å². The minimum absolute atomic E-state index is 0.0687. The number of pyridine rings is 1. The van der Waals surface area contributed by atoms with Crippen molar-refractivity contribution >= 4 is 12.0 Å². The summed E-state index contributed by atoms with van der Waals surface area (Å²) in [6.07, 6.45) is 4.27. The first-order chi connectivity index (χ1) is 8.56. The van der Waals surface area contributed by atoms with Gasteiger partial charge in [-0.3, -0.25) is 9.78 Å². The van der Waals surface area contributed by atoms with Crippen molar-refractivity contribution in [3.8, 4) is 0 Å². The predicted molar refractivity (Wildman–Crippen MR) is 73.2 cm³/mol.